The van der Waals surface area contributed by atoms with E-state index in [0.717, 1.165) is 11.3 Å². The molecule has 0 spiro atoms. The van der Waals surface area contributed by atoms with Gasteiger partial charge in [0.1, 0.15) is 11.9 Å². The van der Waals surface area contributed by atoms with E-state index in [-0.39, 0.29) is 12.0 Å². The van der Waals surface area contributed by atoms with Crippen molar-refractivity contribution < 1.29 is 13.9 Å². The molecule has 3 aromatic heterocycles. The minimum atomic E-state index is -0.169. The SMILES string of the molecule is Cc1ccoc1C(=O)N1Cc2cccn2C[C@H](Oc2cccnc2)C1. The highest BCUT2D eigenvalue weighted by Crippen LogP contribution is 2.21. The number of nitrogens with zero attached hydrogens (tertiary/aromatic N) is 3. The first kappa shape index (κ1) is 15.5. The van der Waals surface area contributed by atoms with Gasteiger partial charge in [-0.2, -0.15) is 0 Å². The highest BCUT2D eigenvalue weighted by Gasteiger charge is 2.28. The van der Waals surface area contributed by atoms with Crippen LogP contribution < -0.4 is 4.74 Å². The van der Waals surface area contributed by atoms with Crippen molar-refractivity contribution >= 4 is 5.91 Å². The molecular weight excluding hydrogens is 318 g/mol. The summed E-state index contributed by atoms with van der Waals surface area (Å²) in [7, 11) is 0. The summed E-state index contributed by atoms with van der Waals surface area (Å²) in [5.74, 6) is 0.974. The van der Waals surface area contributed by atoms with Crippen LogP contribution in [0.1, 0.15) is 21.8 Å². The van der Waals surface area contributed by atoms with Crippen LogP contribution in [-0.2, 0) is 13.1 Å². The van der Waals surface area contributed by atoms with Gasteiger partial charge in [0.2, 0.25) is 0 Å². The van der Waals surface area contributed by atoms with Crippen molar-refractivity contribution in [2.45, 2.75) is 26.1 Å². The normalized spacial score (nSPS) is 17.0. The third-order valence-corrected chi connectivity index (χ3v) is 4.38. The lowest BCUT2D eigenvalue weighted by Gasteiger charge is -2.24. The van der Waals surface area contributed by atoms with Crippen LogP contribution in [0.15, 0.2) is 59.6 Å². The molecule has 6 nitrogen and oxygen atoms in total. The molecular formula is C19H19N3O3. The van der Waals surface area contributed by atoms with Gasteiger partial charge in [-0.15, -0.1) is 0 Å². The Morgan fingerprint density at radius 3 is 2.96 bits per heavy atom. The molecule has 25 heavy (non-hydrogen) atoms. The molecule has 4 rings (SSSR count). The van der Waals surface area contributed by atoms with Crippen LogP contribution in [0, 0.1) is 6.92 Å². The lowest BCUT2D eigenvalue weighted by Crippen LogP contribution is -2.38. The fourth-order valence-corrected chi connectivity index (χ4v) is 3.13. The maximum atomic E-state index is 12.9. The summed E-state index contributed by atoms with van der Waals surface area (Å²) in [6.45, 7) is 3.56. The summed E-state index contributed by atoms with van der Waals surface area (Å²) in [5.41, 5.74) is 1.92. The first-order valence-corrected chi connectivity index (χ1v) is 8.25. The van der Waals surface area contributed by atoms with Crippen molar-refractivity contribution in [1.29, 1.82) is 0 Å². The van der Waals surface area contributed by atoms with Gasteiger partial charge in [0.05, 0.1) is 32.1 Å². The molecule has 0 saturated heterocycles. The molecule has 0 unspecified atom stereocenters. The number of pyridine rings is 1. The van der Waals surface area contributed by atoms with Gasteiger partial charge in [-0.05, 0) is 37.3 Å². The van der Waals surface area contributed by atoms with E-state index >= 15 is 0 Å². The number of hydrogen-bond donors (Lipinski definition) is 0. The number of rotatable bonds is 3. The fourth-order valence-electron chi connectivity index (χ4n) is 3.13. The highest BCUT2D eigenvalue weighted by molar-refractivity contribution is 5.92. The number of fused-ring (bicyclic) bond motifs is 1. The van der Waals surface area contributed by atoms with Crippen molar-refractivity contribution in [3.05, 3.63) is 72.2 Å². The molecule has 3 aromatic rings. The second-order valence-electron chi connectivity index (χ2n) is 6.20. The van der Waals surface area contributed by atoms with Gasteiger partial charge in [0.15, 0.2) is 5.76 Å². The smallest absolute Gasteiger partial charge is 0.290 e. The molecule has 0 radical (unpaired) electrons. The summed E-state index contributed by atoms with van der Waals surface area (Å²) in [5, 5.41) is 0. The van der Waals surface area contributed by atoms with E-state index in [0.29, 0.717) is 31.1 Å². The zero-order valence-corrected chi connectivity index (χ0v) is 14.0. The van der Waals surface area contributed by atoms with Crippen molar-refractivity contribution in [2.75, 3.05) is 6.54 Å². The molecule has 0 bridgehead atoms. The third-order valence-electron chi connectivity index (χ3n) is 4.38. The average Bonchev–Trinajstić information content (AvgIpc) is 3.20. The molecule has 0 saturated carbocycles. The molecule has 0 aromatic carbocycles. The second-order valence-corrected chi connectivity index (χ2v) is 6.20. The number of furan rings is 1. The first-order chi connectivity index (χ1) is 12.2. The van der Waals surface area contributed by atoms with E-state index in [1.165, 1.54) is 0 Å². The van der Waals surface area contributed by atoms with Crippen LogP contribution in [0.2, 0.25) is 0 Å². The maximum Gasteiger partial charge on any atom is 0.290 e. The number of aromatic nitrogens is 2. The minimum absolute atomic E-state index is 0.114. The molecule has 4 heterocycles. The molecule has 1 aliphatic rings. The van der Waals surface area contributed by atoms with Gasteiger partial charge in [-0.3, -0.25) is 9.78 Å². The number of carbonyl (C=O) groups excluding carboxylic acids is 1. The fraction of sp³-hybridized carbons (Fsp3) is 0.263. The summed E-state index contributed by atoms with van der Waals surface area (Å²) < 4.78 is 13.6. The van der Waals surface area contributed by atoms with Gasteiger partial charge in [-0.25, -0.2) is 0 Å². The van der Waals surface area contributed by atoms with Crippen LogP contribution in [0.25, 0.3) is 0 Å². The van der Waals surface area contributed by atoms with Crippen LogP contribution >= 0.6 is 0 Å². The summed E-state index contributed by atoms with van der Waals surface area (Å²) in [6.07, 6.45) is 6.79. The number of aryl methyl sites for hydroxylation is 1. The Bertz CT molecular complexity index is 869. The Labute approximate surface area is 145 Å². The lowest BCUT2D eigenvalue weighted by atomic mass is 10.2. The van der Waals surface area contributed by atoms with E-state index in [1.807, 2.05) is 37.4 Å². The van der Waals surface area contributed by atoms with Gasteiger partial charge in [0, 0.05) is 23.7 Å². The number of carbonyl (C=O) groups is 1. The second kappa shape index (κ2) is 6.47. The van der Waals surface area contributed by atoms with E-state index in [1.54, 1.807) is 29.6 Å². The first-order valence-electron chi connectivity index (χ1n) is 8.25. The predicted molar refractivity (Wildman–Crippen MR) is 91.3 cm³/mol. The largest absolute Gasteiger partial charge is 0.485 e. The Hall–Kier alpha value is -3.02. The molecule has 1 atom stereocenters. The van der Waals surface area contributed by atoms with Crippen molar-refractivity contribution in [2.24, 2.45) is 0 Å². The number of hydrogen-bond acceptors (Lipinski definition) is 4. The number of amides is 1. The Kier molecular flexibility index (Phi) is 4.01. The molecule has 0 N–H and O–H groups in total. The Morgan fingerprint density at radius 1 is 1.28 bits per heavy atom. The molecule has 1 amide bonds. The summed E-state index contributed by atoms with van der Waals surface area (Å²) >= 11 is 0. The van der Waals surface area contributed by atoms with Crippen molar-refractivity contribution in [3.8, 4) is 5.75 Å². The molecule has 6 heteroatoms. The Morgan fingerprint density at radius 2 is 2.20 bits per heavy atom. The van der Waals surface area contributed by atoms with Crippen LogP contribution in [0.4, 0.5) is 0 Å². The van der Waals surface area contributed by atoms with Gasteiger partial charge in [-0.1, -0.05) is 0 Å². The van der Waals surface area contributed by atoms with Crippen molar-refractivity contribution in [3.63, 3.8) is 0 Å². The van der Waals surface area contributed by atoms with E-state index in [4.69, 9.17) is 9.15 Å². The topological polar surface area (TPSA) is 60.5 Å². The van der Waals surface area contributed by atoms with E-state index < -0.39 is 0 Å². The quantitative estimate of drug-likeness (QED) is 0.737. The molecule has 0 fully saturated rings. The van der Waals surface area contributed by atoms with E-state index in [2.05, 4.69) is 9.55 Å². The summed E-state index contributed by atoms with van der Waals surface area (Å²) in [4.78, 5) is 18.8. The zero-order valence-electron chi connectivity index (χ0n) is 14.0. The van der Waals surface area contributed by atoms with Crippen LogP contribution in [-0.4, -0.2) is 33.0 Å². The van der Waals surface area contributed by atoms with Gasteiger partial charge in [0.25, 0.3) is 5.91 Å². The predicted octanol–water partition coefficient (Wildman–Crippen LogP) is 2.89. The molecule has 0 aliphatic carbocycles. The molecule has 1 aliphatic heterocycles. The maximum absolute atomic E-state index is 12.9. The average molecular weight is 337 g/mol. The van der Waals surface area contributed by atoms with Crippen molar-refractivity contribution in [1.82, 2.24) is 14.5 Å². The standard InChI is InChI=1S/C19H19N3O3/c1-14-6-9-24-18(14)19(23)22-11-15-4-3-8-21(15)12-17(13-22)25-16-5-2-7-20-10-16/h2-10,17H,11-13H2,1H3/t17-/m0/s1. The Balaban J connectivity index is 1.61. The minimum Gasteiger partial charge on any atom is -0.485 e. The van der Waals surface area contributed by atoms with Crippen LogP contribution in [0.5, 0.6) is 5.75 Å². The van der Waals surface area contributed by atoms with Crippen LogP contribution in [0.3, 0.4) is 0 Å². The van der Waals surface area contributed by atoms with Gasteiger partial charge >= 0.3 is 0 Å². The van der Waals surface area contributed by atoms with E-state index in [9.17, 15) is 4.79 Å². The summed E-state index contributed by atoms with van der Waals surface area (Å²) in [6, 6.07) is 9.53. The monoisotopic (exact) mass is 337 g/mol. The zero-order chi connectivity index (χ0) is 17.2. The third kappa shape index (κ3) is 3.15. The molecule has 128 valence electrons. The van der Waals surface area contributed by atoms with Gasteiger partial charge < -0.3 is 18.6 Å². The lowest BCUT2D eigenvalue weighted by molar-refractivity contribution is 0.0620. The highest BCUT2D eigenvalue weighted by atomic mass is 16.5. The number of ether oxygens (including phenoxy) is 1.